The maximum Gasteiger partial charge on any atom is 0.276 e. The van der Waals surface area contributed by atoms with Gasteiger partial charge in [0.15, 0.2) is 5.69 Å². The molecule has 10 heteroatoms. The lowest BCUT2D eigenvalue weighted by Crippen LogP contribution is -2.55. The highest BCUT2D eigenvalue weighted by atomic mass is 35.5. The zero-order valence-electron chi connectivity index (χ0n) is 20.1. The van der Waals surface area contributed by atoms with E-state index < -0.39 is 0 Å². The fourth-order valence-corrected chi connectivity index (χ4v) is 5.05. The molecule has 36 heavy (non-hydrogen) atoms. The zero-order chi connectivity index (χ0) is 25.0. The molecule has 6 rings (SSSR count). The third-order valence-electron chi connectivity index (χ3n) is 6.96. The van der Waals surface area contributed by atoms with Crippen LogP contribution in [0.25, 0.3) is 22.2 Å². The first-order valence-corrected chi connectivity index (χ1v) is 12.5. The highest BCUT2D eigenvalue weighted by Gasteiger charge is 2.33. The lowest BCUT2D eigenvalue weighted by Gasteiger charge is -2.39. The molecule has 1 aliphatic heterocycles. The predicted molar refractivity (Wildman–Crippen MR) is 136 cm³/mol. The van der Waals surface area contributed by atoms with E-state index in [1.807, 2.05) is 49.1 Å². The Morgan fingerprint density at radius 3 is 2.61 bits per heavy atom. The molecule has 2 fully saturated rings. The summed E-state index contributed by atoms with van der Waals surface area (Å²) in [5, 5.41) is 9.57. The molecule has 0 bridgehead atoms. The molecule has 3 aromatic heterocycles. The highest BCUT2D eigenvalue weighted by Crippen LogP contribution is 2.34. The van der Waals surface area contributed by atoms with Gasteiger partial charge in [0.25, 0.3) is 11.8 Å². The SMILES string of the molecule is C[C@@H]1CN(C(=O)c2ccc3c(Cl)cc(-c4ccn(C)c4)nc3c2)CCN1C(=O)c1cn(C2CC2)nn1. The number of benzene rings is 1. The number of pyridine rings is 1. The first-order valence-electron chi connectivity index (χ1n) is 12.1. The van der Waals surface area contributed by atoms with Crippen molar-refractivity contribution in [3.63, 3.8) is 0 Å². The average molecular weight is 504 g/mol. The molecule has 1 saturated heterocycles. The molecule has 1 saturated carbocycles. The van der Waals surface area contributed by atoms with Gasteiger partial charge in [-0.1, -0.05) is 22.9 Å². The molecular formula is C26H26ClN7O2. The summed E-state index contributed by atoms with van der Waals surface area (Å²) in [5.41, 5.74) is 3.31. The third kappa shape index (κ3) is 4.13. The molecule has 1 atom stereocenters. The van der Waals surface area contributed by atoms with Gasteiger partial charge in [0.2, 0.25) is 0 Å². The van der Waals surface area contributed by atoms with Crippen LogP contribution in [0.15, 0.2) is 48.9 Å². The predicted octanol–water partition coefficient (Wildman–Crippen LogP) is 3.81. The van der Waals surface area contributed by atoms with Crippen LogP contribution in [0.5, 0.6) is 0 Å². The van der Waals surface area contributed by atoms with Crippen molar-refractivity contribution in [2.75, 3.05) is 19.6 Å². The Morgan fingerprint density at radius 1 is 1.06 bits per heavy atom. The molecule has 0 unspecified atom stereocenters. The van der Waals surface area contributed by atoms with E-state index in [1.165, 1.54) is 0 Å². The monoisotopic (exact) mass is 503 g/mol. The van der Waals surface area contributed by atoms with Crippen molar-refractivity contribution in [2.24, 2.45) is 7.05 Å². The van der Waals surface area contributed by atoms with E-state index in [4.69, 9.17) is 16.6 Å². The highest BCUT2D eigenvalue weighted by molar-refractivity contribution is 6.35. The van der Waals surface area contributed by atoms with Gasteiger partial charge in [0.05, 0.1) is 28.5 Å². The molecule has 2 aliphatic rings. The van der Waals surface area contributed by atoms with Crippen LogP contribution in [0.3, 0.4) is 0 Å². The molecule has 0 N–H and O–H groups in total. The van der Waals surface area contributed by atoms with E-state index in [9.17, 15) is 9.59 Å². The Morgan fingerprint density at radius 2 is 1.89 bits per heavy atom. The molecule has 2 amide bonds. The van der Waals surface area contributed by atoms with E-state index in [0.717, 1.165) is 29.5 Å². The Labute approximate surface area is 213 Å². The van der Waals surface area contributed by atoms with Crippen LogP contribution in [0, 0.1) is 0 Å². The summed E-state index contributed by atoms with van der Waals surface area (Å²) in [5.74, 6) is -0.224. The van der Waals surface area contributed by atoms with Gasteiger partial charge in [-0.05, 0) is 44.0 Å². The van der Waals surface area contributed by atoms with Crippen LogP contribution in [0.1, 0.15) is 46.7 Å². The normalized spacial score (nSPS) is 18.1. The quantitative estimate of drug-likeness (QED) is 0.422. The molecule has 4 heterocycles. The Bertz CT molecular complexity index is 1490. The molecule has 1 aromatic carbocycles. The molecule has 184 valence electrons. The topological polar surface area (TPSA) is 89.2 Å². The Hall–Kier alpha value is -3.72. The number of aromatic nitrogens is 5. The summed E-state index contributed by atoms with van der Waals surface area (Å²) < 4.78 is 3.73. The number of carbonyl (C=O) groups is 2. The van der Waals surface area contributed by atoms with Gasteiger partial charge in [-0.25, -0.2) is 9.67 Å². The number of nitrogens with zero attached hydrogens (tertiary/aromatic N) is 7. The second-order valence-corrected chi connectivity index (χ2v) is 10.1. The second-order valence-electron chi connectivity index (χ2n) is 9.70. The maximum absolute atomic E-state index is 13.4. The molecule has 4 aromatic rings. The molecule has 1 aliphatic carbocycles. The van der Waals surface area contributed by atoms with E-state index >= 15 is 0 Å². The lowest BCUT2D eigenvalue weighted by molar-refractivity contribution is 0.0411. The van der Waals surface area contributed by atoms with Gasteiger partial charge in [-0.3, -0.25) is 9.59 Å². The van der Waals surface area contributed by atoms with Crippen LogP contribution < -0.4 is 0 Å². The number of halogens is 1. The molecular weight excluding hydrogens is 478 g/mol. The zero-order valence-corrected chi connectivity index (χ0v) is 20.9. The number of rotatable bonds is 4. The first kappa shape index (κ1) is 22.7. The average Bonchev–Trinajstić information content (AvgIpc) is 3.43. The number of piperazine rings is 1. The number of carbonyl (C=O) groups excluding carboxylic acids is 2. The second kappa shape index (κ2) is 8.74. The summed E-state index contributed by atoms with van der Waals surface area (Å²) in [7, 11) is 1.95. The van der Waals surface area contributed by atoms with Gasteiger partial charge < -0.3 is 14.4 Å². The summed E-state index contributed by atoms with van der Waals surface area (Å²) >= 11 is 6.55. The van der Waals surface area contributed by atoms with Crippen molar-refractivity contribution in [2.45, 2.75) is 31.8 Å². The minimum absolute atomic E-state index is 0.0847. The smallest absolute Gasteiger partial charge is 0.276 e. The van der Waals surface area contributed by atoms with Crippen molar-refractivity contribution in [3.05, 3.63) is 65.2 Å². The summed E-state index contributed by atoms with van der Waals surface area (Å²) in [4.78, 5) is 34.8. The van der Waals surface area contributed by atoms with Crippen LogP contribution in [0.2, 0.25) is 5.02 Å². The third-order valence-corrected chi connectivity index (χ3v) is 7.27. The summed E-state index contributed by atoms with van der Waals surface area (Å²) in [6.45, 7) is 3.29. The largest absolute Gasteiger partial charge is 0.357 e. The first-order chi connectivity index (χ1) is 17.4. The lowest BCUT2D eigenvalue weighted by atomic mass is 10.1. The fraction of sp³-hybridized carbons (Fsp3) is 0.346. The molecule has 0 radical (unpaired) electrons. The number of hydrogen-bond acceptors (Lipinski definition) is 5. The van der Waals surface area contributed by atoms with E-state index in [-0.39, 0.29) is 17.9 Å². The van der Waals surface area contributed by atoms with Crippen molar-refractivity contribution < 1.29 is 9.59 Å². The van der Waals surface area contributed by atoms with Crippen molar-refractivity contribution in [1.82, 2.24) is 34.3 Å². The van der Waals surface area contributed by atoms with Crippen molar-refractivity contribution >= 4 is 34.3 Å². The maximum atomic E-state index is 13.4. The summed E-state index contributed by atoms with van der Waals surface area (Å²) in [6, 6.07) is 9.50. The van der Waals surface area contributed by atoms with Crippen LogP contribution >= 0.6 is 11.6 Å². The number of fused-ring (bicyclic) bond motifs is 1. The number of aryl methyl sites for hydroxylation is 1. The van der Waals surface area contributed by atoms with Crippen LogP contribution in [0.4, 0.5) is 0 Å². The van der Waals surface area contributed by atoms with Gasteiger partial charge in [-0.2, -0.15) is 0 Å². The van der Waals surface area contributed by atoms with E-state index in [1.54, 1.807) is 32.8 Å². The van der Waals surface area contributed by atoms with Crippen molar-refractivity contribution in [3.8, 4) is 11.3 Å². The fourth-order valence-electron chi connectivity index (χ4n) is 4.79. The van der Waals surface area contributed by atoms with Crippen LogP contribution in [-0.4, -0.2) is 71.8 Å². The Kier molecular flexibility index (Phi) is 5.52. The van der Waals surface area contributed by atoms with E-state index in [0.29, 0.717) is 47.5 Å². The minimum atomic E-state index is -0.140. The molecule has 9 nitrogen and oxygen atoms in total. The van der Waals surface area contributed by atoms with Crippen molar-refractivity contribution in [1.29, 1.82) is 0 Å². The minimum Gasteiger partial charge on any atom is -0.357 e. The van der Waals surface area contributed by atoms with E-state index in [2.05, 4.69) is 10.3 Å². The Balaban J connectivity index is 1.19. The van der Waals surface area contributed by atoms with Gasteiger partial charge in [0.1, 0.15) is 0 Å². The van der Waals surface area contributed by atoms with Gasteiger partial charge in [-0.15, -0.1) is 5.10 Å². The van der Waals surface area contributed by atoms with Gasteiger partial charge in [0, 0.05) is 61.6 Å². The summed E-state index contributed by atoms with van der Waals surface area (Å²) in [6.07, 6.45) is 7.83. The number of hydrogen-bond donors (Lipinski definition) is 0. The molecule has 0 spiro atoms. The standard InChI is InChI=1S/C26H26ClN7O2/c1-16-13-32(9-10-33(16)26(36)24-15-34(30-29-24)19-4-5-19)25(35)17-3-6-20-21(27)12-22(28-23(20)11-17)18-7-8-31(2)14-18/h3,6-8,11-12,14-16,19H,4-5,9-10,13H2,1-2H3/t16-/m1/s1. The van der Waals surface area contributed by atoms with Gasteiger partial charge >= 0.3 is 0 Å². The number of amides is 2. The van der Waals surface area contributed by atoms with Crippen LogP contribution in [-0.2, 0) is 7.05 Å².